The van der Waals surface area contributed by atoms with Gasteiger partial charge in [-0.3, -0.25) is 0 Å². The first-order valence-electron chi connectivity index (χ1n) is 6.44. The van der Waals surface area contributed by atoms with Gasteiger partial charge in [-0.25, -0.2) is 0 Å². The molecule has 20 heavy (non-hydrogen) atoms. The standard InChI is InChI=1S/C16H19NO3/c1-18-14-6-3-12(4-7-14)13-5-8-15(20-10-9-17)16(11-13)19-2/h3-8,11H,9-10,17H2,1-2H3. The molecule has 0 bridgehead atoms. The number of ether oxygens (including phenoxy) is 3. The number of rotatable bonds is 6. The van der Waals surface area contributed by atoms with Gasteiger partial charge in [0.25, 0.3) is 0 Å². The van der Waals surface area contributed by atoms with Crippen molar-refractivity contribution in [3.8, 4) is 28.4 Å². The summed E-state index contributed by atoms with van der Waals surface area (Å²) in [6, 6.07) is 13.7. The predicted octanol–water partition coefficient (Wildman–Crippen LogP) is 2.71. The van der Waals surface area contributed by atoms with Crippen LogP contribution in [0, 0.1) is 0 Å². The van der Waals surface area contributed by atoms with Crippen molar-refractivity contribution in [2.75, 3.05) is 27.4 Å². The Balaban J connectivity index is 2.27. The second-order valence-electron chi connectivity index (χ2n) is 4.23. The van der Waals surface area contributed by atoms with Crippen LogP contribution in [-0.2, 0) is 0 Å². The van der Waals surface area contributed by atoms with E-state index in [0.29, 0.717) is 24.7 Å². The first-order valence-corrected chi connectivity index (χ1v) is 6.44. The zero-order valence-electron chi connectivity index (χ0n) is 11.8. The van der Waals surface area contributed by atoms with Crippen LogP contribution < -0.4 is 19.9 Å². The van der Waals surface area contributed by atoms with Gasteiger partial charge in [0.15, 0.2) is 11.5 Å². The summed E-state index contributed by atoms with van der Waals surface area (Å²) in [7, 11) is 3.28. The van der Waals surface area contributed by atoms with Crippen LogP contribution in [0.5, 0.6) is 17.2 Å². The molecule has 2 aromatic rings. The summed E-state index contributed by atoms with van der Waals surface area (Å²) in [5.74, 6) is 2.24. The summed E-state index contributed by atoms with van der Waals surface area (Å²) in [5, 5.41) is 0. The Morgan fingerprint density at radius 2 is 1.55 bits per heavy atom. The fraction of sp³-hybridized carbons (Fsp3) is 0.250. The fourth-order valence-electron chi connectivity index (χ4n) is 1.92. The number of benzene rings is 2. The van der Waals surface area contributed by atoms with E-state index < -0.39 is 0 Å². The Bertz CT molecular complexity index is 552. The van der Waals surface area contributed by atoms with Crippen molar-refractivity contribution >= 4 is 0 Å². The van der Waals surface area contributed by atoms with E-state index in [9.17, 15) is 0 Å². The van der Waals surface area contributed by atoms with Crippen LogP contribution in [-0.4, -0.2) is 27.4 Å². The first kappa shape index (κ1) is 14.2. The number of nitrogens with two attached hydrogens (primary N) is 1. The molecular formula is C16H19NO3. The molecule has 4 heteroatoms. The summed E-state index contributed by atoms with van der Waals surface area (Å²) >= 11 is 0. The average molecular weight is 273 g/mol. The maximum Gasteiger partial charge on any atom is 0.161 e. The molecule has 106 valence electrons. The van der Waals surface area contributed by atoms with E-state index in [2.05, 4.69) is 0 Å². The van der Waals surface area contributed by atoms with Crippen molar-refractivity contribution in [1.82, 2.24) is 0 Å². The molecular weight excluding hydrogens is 254 g/mol. The maximum absolute atomic E-state index is 5.53. The lowest BCUT2D eigenvalue weighted by molar-refractivity contribution is 0.302. The van der Waals surface area contributed by atoms with Gasteiger partial charge < -0.3 is 19.9 Å². The van der Waals surface area contributed by atoms with Crippen LogP contribution in [0.3, 0.4) is 0 Å². The molecule has 0 spiro atoms. The summed E-state index contributed by atoms with van der Waals surface area (Å²) in [4.78, 5) is 0. The lowest BCUT2D eigenvalue weighted by Gasteiger charge is -2.12. The normalized spacial score (nSPS) is 10.2. The SMILES string of the molecule is COc1ccc(-c2ccc(OCCN)c(OC)c2)cc1. The highest BCUT2D eigenvalue weighted by atomic mass is 16.5. The average Bonchev–Trinajstić information content (AvgIpc) is 2.52. The highest BCUT2D eigenvalue weighted by Gasteiger charge is 2.07. The molecule has 0 amide bonds. The molecule has 0 atom stereocenters. The Kier molecular flexibility index (Phi) is 4.85. The van der Waals surface area contributed by atoms with Crippen molar-refractivity contribution in [2.45, 2.75) is 0 Å². The topological polar surface area (TPSA) is 53.7 Å². The zero-order chi connectivity index (χ0) is 14.4. The number of hydrogen-bond acceptors (Lipinski definition) is 4. The molecule has 0 heterocycles. The lowest BCUT2D eigenvalue weighted by Crippen LogP contribution is -2.11. The Hall–Kier alpha value is -2.20. The molecule has 0 aromatic heterocycles. The summed E-state index contributed by atoms with van der Waals surface area (Å²) in [6.07, 6.45) is 0. The molecule has 0 unspecified atom stereocenters. The predicted molar refractivity (Wildman–Crippen MR) is 79.5 cm³/mol. The third-order valence-electron chi connectivity index (χ3n) is 2.96. The first-order chi connectivity index (χ1) is 9.78. The molecule has 0 radical (unpaired) electrons. The quantitative estimate of drug-likeness (QED) is 0.879. The summed E-state index contributed by atoms with van der Waals surface area (Å²) < 4.78 is 16.1. The van der Waals surface area contributed by atoms with E-state index in [0.717, 1.165) is 16.9 Å². The molecule has 2 aromatic carbocycles. The minimum atomic E-state index is 0.470. The van der Waals surface area contributed by atoms with Gasteiger partial charge in [-0.1, -0.05) is 18.2 Å². The third-order valence-corrected chi connectivity index (χ3v) is 2.96. The van der Waals surface area contributed by atoms with Gasteiger partial charge >= 0.3 is 0 Å². The van der Waals surface area contributed by atoms with Crippen molar-refractivity contribution in [3.05, 3.63) is 42.5 Å². The van der Waals surface area contributed by atoms with Crippen molar-refractivity contribution in [1.29, 1.82) is 0 Å². The largest absolute Gasteiger partial charge is 0.497 e. The van der Waals surface area contributed by atoms with Gasteiger partial charge in [0.1, 0.15) is 12.4 Å². The molecule has 2 rings (SSSR count). The van der Waals surface area contributed by atoms with Crippen LogP contribution in [0.15, 0.2) is 42.5 Å². The minimum Gasteiger partial charge on any atom is -0.497 e. The van der Waals surface area contributed by atoms with Crippen molar-refractivity contribution in [2.24, 2.45) is 5.73 Å². The van der Waals surface area contributed by atoms with Crippen LogP contribution in [0.2, 0.25) is 0 Å². The zero-order valence-corrected chi connectivity index (χ0v) is 11.8. The fourth-order valence-corrected chi connectivity index (χ4v) is 1.92. The number of methoxy groups -OCH3 is 2. The maximum atomic E-state index is 5.53. The molecule has 0 aliphatic heterocycles. The summed E-state index contributed by atoms with van der Waals surface area (Å²) in [5.41, 5.74) is 7.59. The third kappa shape index (κ3) is 3.22. The van der Waals surface area contributed by atoms with Gasteiger partial charge in [-0.2, -0.15) is 0 Å². The highest BCUT2D eigenvalue weighted by molar-refractivity contribution is 5.67. The molecule has 0 saturated heterocycles. The molecule has 2 N–H and O–H groups in total. The van der Waals surface area contributed by atoms with Crippen molar-refractivity contribution < 1.29 is 14.2 Å². The van der Waals surface area contributed by atoms with Crippen LogP contribution in [0.1, 0.15) is 0 Å². The van der Waals surface area contributed by atoms with Gasteiger partial charge in [0.2, 0.25) is 0 Å². The van der Waals surface area contributed by atoms with E-state index >= 15 is 0 Å². The Labute approximate surface area is 119 Å². The second kappa shape index (κ2) is 6.82. The van der Waals surface area contributed by atoms with E-state index in [1.165, 1.54) is 0 Å². The lowest BCUT2D eigenvalue weighted by atomic mass is 10.1. The molecule has 0 fully saturated rings. The minimum absolute atomic E-state index is 0.470. The second-order valence-corrected chi connectivity index (χ2v) is 4.23. The molecule has 4 nitrogen and oxygen atoms in total. The number of hydrogen-bond donors (Lipinski definition) is 1. The Morgan fingerprint density at radius 3 is 2.15 bits per heavy atom. The molecule has 0 aliphatic carbocycles. The van der Waals surface area contributed by atoms with E-state index in [1.807, 2.05) is 42.5 Å². The summed E-state index contributed by atoms with van der Waals surface area (Å²) in [6.45, 7) is 0.946. The Morgan fingerprint density at radius 1 is 0.850 bits per heavy atom. The van der Waals surface area contributed by atoms with Crippen molar-refractivity contribution in [3.63, 3.8) is 0 Å². The molecule has 0 aliphatic rings. The monoisotopic (exact) mass is 273 g/mol. The van der Waals surface area contributed by atoms with Crippen LogP contribution >= 0.6 is 0 Å². The van der Waals surface area contributed by atoms with Gasteiger partial charge in [-0.15, -0.1) is 0 Å². The van der Waals surface area contributed by atoms with Gasteiger partial charge in [-0.05, 0) is 35.4 Å². The highest BCUT2D eigenvalue weighted by Crippen LogP contribution is 2.33. The van der Waals surface area contributed by atoms with E-state index in [4.69, 9.17) is 19.9 Å². The van der Waals surface area contributed by atoms with Crippen LogP contribution in [0.4, 0.5) is 0 Å². The smallest absolute Gasteiger partial charge is 0.161 e. The van der Waals surface area contributed by atoms with E-state index in [1.54, 1.807) is 14.2 Å². The van der Waals surface area contributed by atoms with Crippen LogP contribution in [0.25, 0.3) is 11.1 Å². The van der Waals surface area contributed by atoms with E-state index in [-0.39, 0.29) is 0 Å². The van der Waals surface area contributed by atoms with Gasteiger partial charge in [0.05, 0.1) is 14.2 Å². The molecule has 0 saturated carbocycles. The van der Waals surface area contributed by atoms with Gasteiger partial charge in [0, 0.05) is 6.54 Å².